The summed E-state index contributed by atoms with van der Waals surface area (Å²) >= 11 is 6.05. The fourth-order valence-corrected chi connectivity index (χ4v) is 3.13. The molecule has 1 saturated carbocycles. The van der Waals surface area contributed by atoms with Gasteiger partial charge < -0.3 is 10.4 Å². The highest BCUT2D eigenvalue weighted by molar-refractivity contribution is 6.31. The molecule has 1 aliphatic carbocycles. The van der Waals surface area contributed by atoms with Crippen LogP contribution in [0.5, 0.6) is 0 Å². The largest absolute Gasteiger partial charge is 0.481 e. The van der Waals surface area contributed by atoms with E-state index in [4.69, 9.17) is 16.7 Å². The Kier molecular flexibility index (Phi) is 5.00. The van der Waals surface area contributed by atoms with Crippen molar-refractivity contribution in [2.24, 2.45) is 5.92 Å². The summed E-state index contributed by atoms with van der Waals surface area (Å²) in [5, 5.41) is 12.8. The summed E-state index contributed by atoms with van der Waals surface area (Å²) in [6.45, 7) is 1.99. The molecule has 2 N–H and O–H groups in total. The Morgan fingerprint density at radius 2 is 2.05 bits per heavy atom. The lowest BCUT2D eigenvalue weighted by Gasteiger charge is -2.30. The maximum absolute atomic E-state index is 13.0. The van der Waals surface area contributed by atoms with Gasteiger partial charge in [0.05, 0.1) is 5.92 Å². The molecule has 0 saturated heterocycles. The van der Waals surface area contributed by atoms with E-state index in [0.717, 1.165) is 18.4 Å². The number of nitrogens with one attached hydrogen (secondary N) is 1. The molecule has 20 heavy (non-hydrogen) atoms. The van der Waals surface area contributed by atoms with Crippen molar-refractivity contribution >= 4 is 17.6 Å². The minimum Gasteiger partial charge on any atom is -0.481 e. The molecule has 2 rings (SSSR count). The molecule has 0 heterocycles. The van der Waals surface area contributed by atoms with E-state index in [9.17, 15) is 9.18 Å². The highest BCUT2D eigenvalue weighted by Crippen LogP contribution is 2.28. The predicted octanol–water partition coefficient (Wildman–Crippen LogP) is 3.77. The predicted molar refractivity (Wildman–Crippen MR) is 76.3 cm³/mol. The fraction of sp³-hybridized carbons (Fsp3) is 0.533. The molecule has 0 aliphatic heterocycles. The van der Waals surface area contributed by atoms with Gasteiger partial charge in [0, 0.05) is 17.1 Å². The van der Waals surface area contributed by atoms with Crippen molar-refractivity contribution in [2.75, 3.05) is 0 Å². The van der Waals surface area contributed by atoms with Crippen molar-refractivity contribution in [3.63, 3.8) is 0 Å². The molecule has 1 atom stereocenters. The number of benzene rings is 1. The Balaban J connectivity index is 1.92. The van der Waals surface area contributed by atoms with Crippen LogP contribution in [0.15, 0.2) is 18.2 Å². The van der Waals surface area contributed by atoms with Gasteiger partial charge in [-0.2, -0.15) is 0 Å². The molecular weight excluding hydrogens is 281 g/mol. The van der Waals surface area contributed by atoms with E-state index in [-0.39, 0.29) is 17.8 Å². The summed E-state index contributed by atoms with van der Waals surface area (Å²) in [5.41, 5.74) is 0.869. The van der Waals surface area contributed by atoms with Gasteiger partial charge in [-0.3, -0.25) is 4.79 Å². The lowest BCUT2D eigenvalue weighted by molar-refractivity contribution is -0.142. The van der Waals surface area contributed by atoms with E-state index >= 15 is 0 Å². The maximum Gasteiger partial charge on any atom is 0.306 e. The molecule has 0 bridgehead atoms. The third-order valence-corrected chi connectivity index (χ3v) is 4.32. The quantitative estimate of drug-likeness (QED) is 0.889. The van der Waals surface area contributed by atoms with E-state index < -0.39 is 5.97 Å². The Bertz CT molecular complexity index is 487. The Morgan fingerprint density at radius 3 is 2.60 bits per heavy atom. The zero-order chi connectivity index (χ0) is 14.7. The van der Waals surface area contributed by atoms with Crippen molar-refractivity contribution < 1.29 is 14.3 Å². The smallest absolute Gasteiger partial charge is 0.306 e. The highest BCUT2D eigenvalue weighted by Gasteiger charge is 2.26. The molecule has 1 aliphatic rings. The molecule has 110 valence electrons. The Labute approximate surface area is 123 Å². The van der Waals surface area contributed by atoms with Crippen LogP contribution < -0.4 is 5.32 Å². The monoisotopic (exact) mass is 299 g/mol. The molecule has 1 fully saturated rings. The average molecular weight is 300 g/mol. The van der Waals surface area contributed by atoms with Crippen LogP contribution in [0.3, 0.4) is 0 Å². The number of aliphatic carboxylic acids is 1. The van der Waals surface area contributed by atoms with Crippen molar-refractivity contribution in [1.82, 2.24) is 5.32 Å². The van der Waals surface area contributed by atoms with Gasteiger partial charge in [-0.1, -0.05) is 17.7 Å². The van der Waals surface area contributed by atoms with Gasteiger partial charge in [0.2, 0.25) is 0 Å². The summed E-state index contributed by atoms with van der Waals surface area (Å²) in [6, 6.07) is 4.73. The van der Waals surface area contributed by atoms with E-state index in [1.54, 1.807) is 6.07 Å². The third-order valence-electron chi connectivity index (χ3n) is 3.99. The molecule has 3 nitrogen and oxygen atoms in total. The van der Waals surface area contributed by atoms with Gasteiger partial charge in [0.15, 0.2) is 0 Å². The third kappa shape index (κ3) is 3.70. The van der Waals surface area contributed by atoms with Crippen LogP contribution in [0.25, 0.3) is 0 Å². The topological polar surface area (TPSA) is 49.3 Å². The van der Waals surface area contributed by atoms with Crippen LogP contribution in [0.4, 0.5) is 4.39 Å². The molecule has 0 amide bonds. The van der Waals surface area contributed by atoms with E-state index in [2.05, 4.69) is 5.32 Å². The summed E-state index contributed by atoms with van der Waals surface area (Å²) in [6.07, 6.45) is 3.11. The Morgan fingerprint density at radius 1 is 1.40 bits per heavy atom. The second kappa shape index (κ2) is 6.55. The first kappa shape index (κ1) is 15.3. The first-order chi connectivity index (χ1) is 9.47. The lowest BCUT2D eigenvalue weighted by Crippen LogP contribution is -2.36. The summed E-state index contributed by atoms with van der Waals surface area (Å²) in [7, 11) is 0. The molecule has 0 aromatic heterocycles. The molecule has 1 aromatic carbocycles. The first-order valence-corrected chi connectivity index (χ1v) is 7.29. The van der Waals surface area contributed by atoms with Crippen LogP contribution >= 0.6 is 11.6 Å². The van der Waals surface area contributed by atoms with Crippen molar-refractivity contribution in [2.45, 2.75) is 44.7 Å². The number of halogens is 2. The van der Waals surface area contributed by atoms with Crippen LogP contribution in [0, 0.1) is 11.7 Å². The summed E-state index contributed by atoms with van der Waals surface area (Å²) in [5.74, 6) is -1.25. The second-order valence-corrected chi connectivity index (χ2v) is 5.85. The number of rotatable bonds is 4. The zero-order valence-electron chi connectivity index (χ0n) is 11.4. The number of hydrogen-bond acceptors (Lipinski definition) is 2. The normalized spacial score (nSPS) is 24.4. The standard InChI is InChI=1S/C15H19ClFNO2/c1-9(13-7-4-11(17)8-14(13)16)18-12-5-2-10(3-6-12)15(19)20/h4,7-10,12,18H,2-3,5-6H2,1H3,(H,19,20)/t9-,10?,12?/m1/s1. The van der Waals surface area contributed by atoms with Gasteiger partial charge >= 0.3 is 5.97 Å². The SMILES string of the molecule is C[C@@H](NC1CCC(C(=O)O)CC1)c1ccc(F)cc1Cl. The van der Waals surface area contributed by atoms with Gasteiger partial charge in [-0.05, 0) is 50.3 Å². The van der Waals surface area contributed by atoms with Crippen molar-refractivity contribution in [1.29, 1.82) is 0 Å². The lowest BCUT2D eigenvalue weighted by atomic mass is 9.85. The summed E-state index contributed by atoms with van der Waals surface area (Å²) < 4.78 is 13.0. The second-order valence-electron chi connectivity index (χ2n) is 5.44. The van der Waals surface area contributed by atoms with Gasteiger partial charge in [-0.15, -0.1) is 0 Å². The minimum absolute atomic E-state index is 0.0227. The van der Waals surface area contributed by atoms with Crippen LogP contribution in [-0.2, 0) is 4.79 Å². The zero-order valence-corrected chi connectivity index (χ0v) is 12.2. The van der Waals surface area contributed by atoms with Gasteiger partial charge in [0.25, 0.3) is 0 Å². The van der Waals surface area contributed by atoms with Crippen molar-refractivity contribution in [3.8, 4) is 0 Å². The van der Waals surface area contributed by atoms with Crippen LogP contribution in [-0.4, -0.2) is 17.1 Å². The van der Waals surface area contributed by atoms with E-state index in [1.807, 2.05) is 6.92 Å². The number of carbonyl (C=O) groups is 1. The van der Waals surface area contributed by atoms with Crippen LogP contribution in [0.2, 0.25) is 5.02 Å². The fourth-order valence-electron chi connectivity index (χ4n) is 2.80. The summed E-state index contributed by atoms with van der Waals surface area (Å²) in [4.78, 5) is 10.9. The van der Waals surface area contributed by atoms with Crippen LogP contribution in [0.1, 0.15) is 44.2 Å². The minimum atomic E-state index is -0.696. The van der Waals surface area contributed by atoms with E-state index in [1.165, 1.54) is 12.1 Å². The number of hydrogen-bond donors (Lipinski definition) is 2. The Hall–Kier alpha value is -1.13. The molecule has 5 heteroatoms. The molecule has 1 aromatic rings. The van der Waals surface area contributed by atoms with Gasteiger partial charge in [-0.25, -0.2) is 4.39 Å². The van der Waals surface area contributed by atoms with E-state index in [0.29, 0.717) is 23.9 Å². The molecular formula is C15H19ClFNO2. The first-order valence-electron chi connectivity index (χ1n) is 6.91. The number of carboxylic acid groups (broad SMARTS) is 1. The molecule has 0 unspecified atom stereocenters. The van der Waals surface area contributed by atoms with Crippen molar-refractivity contribution in [3.05, 3.63) is 34.6 Å². The highest BCUT2D eigenvalue weighted by atomic mass is 35.5. The molecule has 0 radical (unpaired) electrons. The average Bonchev–Trinajstić information content (AvgIpc) is 2.39. The number of carboxylic acids is 1. The molecule has 0 spiro atoms. The maximum atomic E-state index is 13.0. The van der Waals surface area contributed by atoms with Gasteiger partial charge in [0.1, 0.15) is 5.82 Å².